The summed E-state index contributed by atoms with van der Waals surface area (Å²) in [7, 11) is 0. The van der Waals surface area contributed by atoms with Crippen LogP contribution in [-0.4, -0.2) is 0 Å². The predicted molar refractivity (Wildman–Crippen MR) is 73.3 cm³/mol. The van der Waals surface area contributed by atoms with Crippen LogP contribution in [0.5, 0.6) is 0 Å². The van der Waals surface area contributed by atoms with Gasteiger partial charge in [-0.25, -0.2) is 8.78 Å². The van der Waals surface area contributed by atoms with Gasteiger partial charge in [-0.15, -0.1) is 0 Å². The van der Waals surface area contributed by atoms with Gasteiger partial charge in [0.1, 0.15) is 11.6 Å². The van der Waals surface area contributed by atoms with Crippen molar-refractivity contribution in [3.05, 3.63) is 69.7 Å². The monoisotopic (exact) mass is 330 g/mol. The molecule has 18 heavy (non-hydrogen) atoms. The van der Waals surface area contributed by atoms with Gasteiger partial charge in [0, 0.05) is 10.6 Å². The zero-order valence-corrected chi connectivity index (χ0v) is 11.9. The molecule has 0 saturated heterocycles. The molecule has 0 saturated carbocycles. The van der Waals surface area contributed by atoms with Gasteiger partial charge < -0.3 is 0 Å². The van der Waals surface area contributed by atoms with E-state index in [0.29, 0.717) is 16.1 Å². The third-order valence-corrected chi connectivity index (χ3v) is 4.04. The minimum atomic E-state index is -0.398. The van der Waals surface area contributed by atoms with E-state index < -0.39 is 4.83 Å². The molecule has 0 N–H and O–H groups in total. The lowest BCUT2D eigenvalue weighted by Crippen LogP contribution is -1.99. The standard InChI is InChI=1S/C14H10BrClF2/c1-8-7-9(5-6-11(8)17)14(15)13-10(16)3-2-4-12(13)18/h2-7,14H,1H3. The molecule has 0 nitrogen and oxygen atoms in total. The van der Waals surface area contributed by atoms with Crippen LogP contribution >= 0.6 is 27.5 Å². The van der Waals surface area contributed by atoms with E-state index in [0.717, 1.165) is 5.56 Å². The van der Waals surface area contributed by atoms with E-state index in [1.165, 1.54) is 12.1 Å². The van der Waals surface area contributed by atoms with Crippen LogP contribution in [0.3, 0.4) is 0 Å². The van der Waals surface area contributed by atoms with Crippen LogP contribution in [-0.2, 0) is 0 Å². The Morgan fingerprint density at radius 3 is 2.44 bits per heavy atom. The van der Waals surface area contributed by atoms with Gasteiger partial charge in [0.15, 0.2) is 0 Å². The minimum absolute atomic E-state index is 0.280. The van der Waals surface area contributed by atoms with Gasteiger partial charge in [0.2, 0.25) is 0 Å². The fourth-order valence-corrected chi connectivity index (χ4v) is 2.90. The highest BCUT2D eigenvalue weighted by Crippen LogP contribution is 2.37. The zero-order chi connectivity index (χ0) is 13.3. The Hall–Kier alpha value is -0.930. The maximum Gasteiger partial charge on any atom is 0.129 e. The van der Waals surface area contributed by atoms with E-state index in [9.17, 15) is 8.78 Å². The SMILES string of the molecule is Cc1cc(C(Br)c2c(F)cccc2Cl)ccc1F. The molecule has 0 aliphatic heterocycles. The Labute approximate surface area is 118 Å². The molecular weight excluding hydrogens is 322 g/mol. The Bertz CT molecular complexity index is 564. The summed E-state index contributed by atoms with van der Waals surface area (Å²) in [6.45, 7) is 1.67. The predicted octanol–water partition coefficient (Wildman–Crippen LogP) is 5.41. The van der Waals surface area contributed by atoms with Crippen LogP contribution in [0.1, 0.15) is 21.5 Å². The van der Waals surface area contributed by atoms with Crippen molar-refractivity contribution < 1.29 is 8.78 Å². The topological polar surface area (TPSA) is 0 Å². The highest BCUT2D eigenvalue weighted by atomic mass is 79.9. The van der Waals surface area contributed by atoms with Crippen molar-refractivity contribution >= 4 is 27.5 Å². The Kier molecular flexibility index (Phi) is 4.03. The van der Waals surface area contributed by atoms with Crippen LogP contribution in [0.4, 0.5) is 8.78 Å². The second kappa shape index (κ2) is 5.37. The number of hydrogen-bond acceptors (Lipinski definition) is 0. The molecule has 4 heteroatoms. The van der Waals surface area contributed by atoms with Crippen LogP contribution in [0.2, 0.25) is 5.02 Å². The van der Waals surface area contributed by atoms with Gasteiger partial charge in [-0.1, -0.05) is 45.7 Å². The molecule has 94 valence electrons. The van der Waals surface area contributed by atoms with Gasteiger partial charge in [-0.3, -0.25) is 0 Å². The third kappa shape index (κ3) is 2.57. The van der Waals surface area contributed by atoms with Gasteiger partial charge >= 0.3 is 0 Å². The molecule has 0 radical (unpaired) electrons. The van der Waals surface area contributed by atoms with Crippen molar-refractivity contribution in [1.29, 1.82) is 0 Å². The second-order valence-corrected chi connectivity index (χ2v) is 5.33. The molecule has 0 aromatic heterocycles. The lowest BCUT2D eigenvalue weighted by atomic mass is 10.0. The molecule has 0 bridgehead atoms. The van der Waals surface area contributed by atoms with Crippen molar-refractivity contribution in [2.75, 3.05) is 0 Å². The third-order valence-electron chi connectivity index (χ3n) is 2.73. The van der Waals surface area contributed by atoms with E-state index in [1.807, 2.05) is 0 Å². The maximum absolute atomic E-state index is 13.8. The van der Waals surface area contributed by atoms with Crippen molar-refractivity contribution in [3.63, 3.8) is 0 Å². The van der Waals surface area contributed by atoms with E-state index >= 15 is 0 Å². The smallest absolute Gasteiger partial charge is 0.129 e. The van der Waals surface area contributed by atoms with Crippen molar-refractivity contribution in [2.45, 2.75) is 11.8 Å². The number of aryl methyl sites for hydroxylation is 1. The molecule has 0 aliphatic carbocycles. The summed E-state index contributed by atoms with van der Waals surface area (Å²) in [5.74, 6) is -0.663. The Morgan fingerprint density at radius 2 is 1.83 bits per heavy atom. The fourth-order valence-electron chi connectivity index (χ4n) is 1.75. The van der Waals surface area contributed by atoms with Crippen molar-refractivity contribution in [3.8, 4) is 0 Å². The second-order valence-electron chi connectivity index (χ2n) is 4.01. The van der Waals surface area contributed by atoms with E-state index in [4.69, 9.17) is 11.6 Å². The largest absolute Gasteiger partial charge is 0.207 e. The fraction of sp³-hybridized carbons (Fsp3) is 0.143. The first-order chi connectivity index (χ1) is 8.50. The lowest BCUT2D eigenvalue weighted by Gasteiger charge is -2.14. The van der Waals surface area contributed by atoms with Gasteiger partial charge in [-0.2, -0.15) is 0 Å². The number of benzene rings is 2. The number of alkyl halides is 1. The summed E-state index contributed by atoms with van der Waals surface area (Å²) >= 11 is 9.41. The highest BCUT2D eigenvalue weighted by molar-refractivity contribution is 9.09. The quantitative estimate of drug-likeness (QED) is 0.645. The van der Waals surface area contributed by atoms with Gasteiger partial charge in [-0.05, 0) is 36.2 Å². The maximum atomic E-state index is 13.8. The molecule has 2 rings (SSSR count). The number of halogens is 4. The Morgan fingerprint density at radius 1 is 1.11 bits per heavy atom. The summed E-state index contributed by atoms with van der Waals surface area (Å²) in [6, 6.07) is 9.20. The van der Waals surface area contributed by atoms with Crippen LogP contribution in [0.25, 0.3) is 0 Å². The van der Waals surface area contributed by atoms with E-state index in [-0.39, 0.29) is 11.6 Å². The summed E-state index contributed by atoms with van der Waals surface area (Å²) in [5.41, 5.74) is 1.65. The van der Waals surface area contributed by atoms with E-state index in [2.05, 4.69) is 15.9 Å². The molecule has 0 heterocycles. The van der Waals surface area contributed by atoms with Crippen LogP contribution in [0, 0.1) is 18.6 Å². The van der Waals surface area contributed by atoms with E-state index in [1.54, 1.807) is 31.2 Å². The van der Waals surface area contributed by atoms with Crippen LogP contribution in [0.15, 0.2) is 36.4 Å². The zero-order valence-electron chi connectivity index (χ0n) is 9.55. The van der Waals surface area contributed by atoms with Gasteiger partial charge in [0.25, 0.3) is 0 Å². The summed E-state index contributed by atoms with van der Waals surface area (Å²) in [6.07, 6.45) is 0. The molecule has 1 atom stereocenters. The molecule has 1 unspecified atom stereocenters. The first kappa shape index (κ1) is 13.5. The molecule has 2 aromatic carbocycles. The molecule has 0 spiro atoms. The summed E-state index contributed by atoms with van der Waals surface area (Å²) < 4.78 is 27.0. The molecular formula is C14H10BrClF2. The molecule has 2 aromatic rings. The number of hydrogen-bond donors (Lipinski definition) is 0. The highest BCUT2D eigenvalue weighted by Gasteiger charge is 2.18. The first-order valence-electron chi connectivity index (χ1n) is 5.34. The lowest BCUT2D eigenvalue weighted by molar-refractivity contribution is 0.611. The number of rotatable bonds is 2. The average Bonchev–Trinajstić information content (AvgIpc) is 2.32. The molecule has 0 aliphatic rings. The molecule has 0 amide bonds. The van der Waals surface area contributed by atoms with Crippen LogP contribution < -0.4 is 0 Å². The first-order valence-corrected chi connectivity index (χ1v) is 6.64. The summed E-state index contributed by atoms with van der Waals surface area (Å²) in [4.78, 5) is -0.398. The van der Waals surface area contributed by atoms with Gasteiger partial charge in [0.05, 0.1) is 4.83 Å². The normalized spacial score (nSPS) is 12.5. The summed E-state index contributed by atoms with van der Waals surface area (Å²) in [5, 5.41) is 0.346. The van der Waals surface area contributed by atoms with Crippen molar-refractivity contribution in [1.82, 2.24) is 0 Å². The minimum Gasteiger partial charge on any atom is -0.207 e. The Balaban J connectivity index is 2.48. The van der Waals surface area contributed by atoms with Crippen molar-refractivity contribution in [2.24, 2.45) is 0 Å². The average molecular weight is 332 g/mol. The molecule has 0 fully saturated rings.